The highest BCUT2D eigenvalue weighted by atomic mass is 79.9. The van der Waals surface area contributed by atoms with Crippen molar-refractivity contribution in [2.75, 3.05) is 6.54 Å². The molecule has 0 amide bonds. The first-order valence-corrected chi connectivity index (χ1v) is 6.67. The molecule has 0 aliphatic heterocycles. The summed E-state index contributed by atoms with van der Waals surface area (Å²) in [6.07, 6.45) is 0.770. The maximum atomic E-state index is 5.93. The lowest BCUT2D eigenvalue weighted by molar-refractivity contribution is 0.913. The molecule has 0 atom stereocenters. The Morgan fingerprint density at radius 3 is 2.88 bits per heavy atom. The molecule has 0 unspecified atom stereocenters. The lowest BCUT2D eigenvalue weighted by atomic mass is 10.2. The quantitative estimate of drug-likeness (QED) is 0.946. The van der Waals surface area contributed by atoms with Gasteiger partial charge in [0, 0.05) is 16.5 Å². The van der Waals surface area contributed by atoms with Gasteiger partial charge < -0.3 is 5.73 Å². The maximum Gasteiger partial charge on any atom is 0.147 e. The summed E-state index contributed by atoms with van der Waals surface area (Å²) in [6, 6.07) is 5.71. The van der Waals surface area contributed by atoms with Crippen molar-refractivity contribution >= 4 is 38.9 Å². The fourth-order valence-electron chi connectivity index (χ4n) is 1.22. The smallest absolute Gasteiger partial charge is 0.147 e. The largest absolute Gasteiger partial charge is 0.330 e. The van der Waals surface area contributed by atoms with Gasteiger partial charge in [-0.15, -0.1) is 10.2 Å². The average molecular weight is 319 g/mol. The molecule has 2 rings (SSSR count). The minimum absolute atomic E-state index is 0.596. The highest BCUT2D eigenvalue weighted by molar-refractivity contribution is 9.10. The number of hydrogen-bond acceptors (Lipinski definition) is 4. The van der Waals surface area contributed by atoms with Crippen molar-refractivity contribution in [3.63, 3.8) is 0 Å². The number of rotatable bonds is 3. The minimum atomic E-state index is 0.596. The Hall–Kier alpha value is -0.490. The van der Waals surface area contributed by atoms with Crippen LogP contribution in [0.1, 0.15) is 5.01 Å². The van der Waals surface area contributed by atoms with Gasteiger partial charge in [0.15, 0.2) is 0 Å². The van der Waals surface area contributed by atoms with Crippen LogP contribution in [-0.4, -0.2) is 16.7 Å². The Morgan fingerprint density at radius 2 is 2.19 bits per heavy atom. The predicted octanol–water partition coefficient (Wildman–Crippen LogP) is 3.12. The fourth-order valence-corrected chi connectivity index (χ4v) is 2.57. The fraction of sp³-hybridized carbons (Fsp3) is 0.200. The first-order valence-electron chi connectivity index (χ1n) is 4.68. The molecule has 0 radical (unpaired) electrons. The summed E-state index contributed by atoms with van der Waals surface area (Å²) >= 11 is 10.9. The minimum Gasteiger partial charge on any atom is -0.330 e. The van der Waals surface area contributed by atoms with E-state index in [4.69, 9.17) is 17.3 Å². The molecule has 3 nitrogen and oxygen atoms in total. The van der Waals surface area contributed by atoms with Gasteiger partial charge in [0.05, 0.1) is 5.02 Å². The van der Waals surface area contributed by atoms with E-state index in [0.717, 1.165) is 26.5 Å². The van der Waals surface area contributed by atoms with Gasteiger partial charge in [-0.25, -0.2) is 0 Å². The normalized spacial score (nSPS) is 10.7. The van der Waals surface area contributed by atoms with Crippen LogP contribution in [0.15, 0.2) is 22.7 Å². The van der Waals surface area contributed by atoms with Gasteiger partial charge in [0.25, 0.3) is 0 Å². The Kier molecular flexibility index (Phi) is 3.91. The number of benzene rings is 1. The summed E-state index contributed by atoms with van der Waals surface area (Å²) in [5.41, 5.74) is 6.48. The van der Waals surface area contributed by atoms with Crippen LogP contribution < -0.4 is 5.73 Å². The SMILES string of the molecule is NCCc1nnc(-c2ccc(Cl)c(Br)c2)s1. The molecule has 16 heavy (non-hydrogen) atoms. The van der Waals surface area contributed by atoms with Crippen LogP contribution in [0.4, 0.5) is 0 Å². The molecule has 2 aromatic rings. The highest BCUT2D eigenvalue weighted by Crippen LogP contribution is 2.30. The second kappa shape index (κ2) is 5.23. The Bertz CT molecular complexity index is 501. The molecule has 1 heterocycles. The molecule has 6 heteroatoms. The van der Waals surface area contributed by atoms with Gasteiger partial charge in [0.1, 0.15) is 10.0 Å². The Labute approximate surface area is 111 Å². The molecule has 1 aromatic heterocycles. The van der Waals surface area contributed by atoms with Crippen LogP contribution in [-0.2, 0) is 6.42 Å². The van der Waals surface area contributed by atoms with E-state index in [1.807, 2.05) is 18.2 Å². The Balaban J connectivity index is 2.31. The van der Waals surface area contributed by atoms with Crippen molar-refractivity contribution in [3.05, 3.63) is 32.7 Å². The van der Waals surface area contributed by atoms with Gasteiger partial charge in [-0.05, 0) is 34.6 Å². The van der Waals surface area contributed by atoms with Crippen molar-refractivity contribution in [3.8, 4) is 10.6 Å². The molecule has 0 bridgehead atoms. The second-order valence-electron chi connectivity index (χ2n) is 3.17. The second-order valence-corrected chi connectivity index (χ2v) is 5.49. The molecule has 0 saturated carbocycles. The van der Waals surface area contributed by atoms with Crippen molar-refractivity contribution < 1.29 is 0 Å². The first kappa shape index (κ1) is 12.0. The summed E-state index contributed by atoms with van der Waals surface area (Å²) in [4.78, 5) is 0. The third kappa shape index (κ3) is 2.60. The van der Waals surface area contributed by atoms with Crippen molar-refractivity contribution in [1.82, 2.24) is 10.2 Å². The van der Waals surface area contributed by atoms with Crippen molar-refractivity contribution in [2.45, 2.75) is 6.42 Å². The molecule has 0 saturated heterocycles. The van der Waals surface area contributed by atoms with E-state index in [2.05, 4.69) is 26.1 Å². The topological polar surface area (TPSA) is 51.8 Å². The van der Waals surface area contributed by atoms with Crippen LogP contribution in [0.3, 0.4) is 0 Å². The van der Waals surface area contributed by atoms with Gasteiger partial charge in [-0.3, -0.25) is 0 Å². The molecular formula is C10H9BrClN3S. The zero-order chi connectivity index (χ0) is 11.5. The zero-order valence-electron chi connectivity index (χ0n) is 8.28. The third-order valence-electron chi connectivity index (χ3n) is 1.99. The summed E-state index contributed by atoms with van der Waals surface area (Å²) in [5, 5.41) is 10.7. The van der Waals surface area contributed by atoms with Crippen LogP contribution >= 0.6 is 38.9 Å². The molecular weight excluding hydrogens is 310 g/mol. The number of hydrogen-bond donors (Lipinski definition) is 1. The van der Waals surface area contributed by atoms with Gasteiger partial charge in [-0.1, -0.05) is 29.0 Å². The number of nitrogens with two attached hydrogens (primary N) is 1. The first-order chi connectivity index (χ1) is 7.70. The maximum absolute atomic E-state index is 5.93. The molecule has 0 aliphatic carbocycles. The van der Waals surface area contributed by atoms with E-state index in [9.17, 15) is 0 Å². The lowest BCUT2D eigenvalue weighted by Gasteiger charge is -1.98. The van der Waals surface area contributed by atoms with Crippen LogP contribution in [0.25, 0.3) is 10.6 Å². The number of nitrogens with zero attached hydrogens (tertiary/aromatic N) is 2. The molecule has 2 N–H and O–H groups in total. The molecule has 0 fully saturated rings. The monoisotopic (exact) mass is 317 g/mol. The van der Waals surface area contributed by atoms with E-state index < -0.39 is 0 Å². The van der Waals surface area contributed by atoms with Crippen LogP contribution in [0.2, 0.25) is 5.02 Å². The summed E-state index contributed by atoms with van der Waals surface area (Å²) < 4.78 is 0.863. The Morgan fingerprint density at radius 1 is 1.38 bits per heavy atom. The zero-order valence-corrected chi connectivity index (χ0v) is 11.4. The van der Waals surface area contributed by atoms with Gasteiger partial charge >= 0.3 is 0 Å². The van der Waals surface area contributed by atoms with Crippen molar-refractivity contribution in [1.29, 1.82) is 0 Å². The third-order valence-corrected chi connectivity index (χ3v) is 4.24. The lowest BCUT2D eigenvalue weighted by Crippen LogP contribution is -2.01. The molecule has 84 valence electrons. The summed E-state index contributed by atoms with van der Waals surface area (Å²) in [7, 11) is 0. The predicted molar refractivity (Wildman–Crippen MR) is 70.8 cm³/mol. The molecule has 1 aromatic carbocycles. The summed E-state index contributed by atoms with van der Waals surface area (Å²) in [5.74, 6) is 0. The van der Waals surface area contributed by atoms with E-state index in [0.29, 0.717) is 11.6 Å². The van der Waals surface area contributed by atoms with E-state index >= 15 is 0 Å². The number of aromatic nitrogens is 2. The van der Waals surface area contributed by atoms with Crippen LogP contribution in [0, 0.1) is 0 Å². The molecule has 0 aliphatic rings. The van der Waals surface area contributed by atoms with E-state index in [1.54, 1.807) is 11.3 Å². The van der Waals surface area contributed by atoms with Crippen LogP contribution in [0.5, 0.6) is 0 Å². The standard InChI is InChI=1S/C10H9BrClN3S/c11-7-5-6(1-2-8(7)12)10-15-14-9(16-10)3-4-13/h1-2,5H,3-4,13H2. The molecule has 0 spiro atoms. The summed E-state index contributed by atoms with van der Waals surface area (Å²) in [6.45, 7) is 0.596. The number of halogens is 2. The van der Waals surface area contributed by atoms with Gasteiger partial charge in [-0.2, -0.15) is 0 Å². The highest BCUT2D eigenvalue weighted by Gasteiger charge is 2.07. The van der Waals surface area contributed by atoms with E-state index in [-0.39, 0.29) is 0 Å². The van der Waals surface area contributed by atoms with Gasteiger partial charge in [0.2, 0.25) is 0 Å². The van der Waals surface area contributed by atoms with Crippen molar-refractivity contribution in [2.24, 2.45) is 5.73 Å². The average Bonchev–Trinajstić information content (AvgIpc) is 2.71. The van der Waals surface area contributed by atoms with E-state index in [1.165, 1.54) is 0 Å².